The summed E-state index contributed by atoms with van der Waals surface area (Å²) in [6.45, 7) is 5.27. The summed E-state index contributed by atoms with van der Waals surface area (Å²) in [4.78, 5) is 8.07. The zero-order chi connectivity index (χ0) is 14.8. The van der Waals surface area contributed by atoms with Gasteiger partial charge in [-0.25, -0.2) is 0 Å². The number of piperidine rings is 1. The van der Waals surface area contributed by atoms with Crippen LogP contribution in [0.1, 0.15) is 18.4 Å². The number of nitrogens with zero attached hydrogens (tertiary/aromatic N) is 3. The zero-order valence-electron chi connectivity index (χ0n) is 12.3. The quantitative estimate of drug-likeness (QED) is 0.869. The molecule has 2 N–H and O–H groups in total. The van der Waals surface area contributed by atoms with E-state index in [4.69, 9.17) is 0 Å². The third-order valence-electron chi connectivity index (χ3n) is 3.95. The highest BCUT2D eigenvalue weighted by molar-refractivity contribution is 9.11. The van der Waals surface area contributed by atoms with Crippen LogP contribution in [0.15, 0.2) is 9.85 Å². The molecule has 3 heterocycles. The van der Waals surface area contributed by atoms with E-state index in [0.29, 0.717) is 0 Å². The molecule has 3 rings (SSSR count). The fraction of sp³-hybridized carbons (Fsp3) is 0.571. The molecule has 7 heteroatoms. The van der Waals surface area contributed by atoms with Crippen LogP contribution in [-0.2, 0) is 0 Å². The van der Waals surface area contributed by atoms with Gasteiger partial charge < -0.3 is 10.2 Å². The molecule has 2 aromatic heterocycles. The van der Waals surface area contributed by atoms with Gasteiger partial charge in [0.25, 0.3) is 0 Å². The number of halogens is 1. The van der Waals surface area contributed by atoms with E-state index in [0.717, 1.165) is 46.0 Å². The first-order valence-electron chi connectivity index (χ1n) is 7.25. The molecule has 0 saturated carbocycles. The van der Waals surface area contributed by atoms with Gasteiger partial charge >= 0.3 is 0 Å². The molecule has 5 nitrogen and oxygen atoms in total. The average Bonchev–Trinajstić information content (AvgIpc) is 3.08. The van der Waals surface area contributed by atoms with Crippen molar-refractivity contribution in [3.8, 4) is 10.7 Å². The Morgan fingerprint density at radius 2 is 2.24 bits per heavy atom. The van der Waals surface area contributed by atoms with Crippen molar-refractivity contribution in [2.24, 2.45) is 5.92 Å². The van der Waals surface area contributed by atoms with Gasteiger partial charge in [-0.05, 0) is 66.8 Å². The van der Waals surface area contributed by atoms with Crippen molar-refractivity contribution in [3.05, 3.63) is 15.4 Å². The Kier molecular flexibility index (Phi) is 4.61. The maximum Gasteiger partial charge on any atom is 0.245 e. The molecule has 0 aromatic carbocycles. The number of H-pyrrole nitrogens is 1. The molecule has 0 unspecified atom stereocenters. The van der Waals surface area contributed by atoms with E-state index in [-0.39, 0.29) is 0 Å². The minimum Gasteiger partial charge on any atom is -0.340 e. The van der Waals surface area contributed by atoms with E-state index >= 15 is 0 Å². The Balaban J connectivity index is 1.68. The SMILES string of the molecule is CNCC1CCN(c2n[nH]c(-c3cc(C)c(Br)s3)n2)CC1. The molecule has 0 amide bonds. The van der Waals surface area contributed by atoms with E-state index in [9.17, 15) is 0 Å². The molecule has 1 aliphatic heterocycles. The molecule has 0 bridgehead atoms. The van der Waals surface area contributed by atoms with Crippen molar-refractivity contribution in [1.82, 2.24) is 20.5 Å². The molecule has 1 fully saturated rings. The highest BCUT2D eigenvalue weighted by atomic mass is 79.9. The lowest BCUT2D eigenvalue weighted by Gasteiger charge is -2.30. The summed E-state index contributed by atoms with van der Waals surface area (Å²) < 4.78 is 1.16. The number of thiophene rings is 1. The fourth-order valence-corrected chi connectivity index (χ4v) is 4.18. The molecule has 1 saturated heterocycles. The number of hydrogen-bond donors (Lipinski definition) is 2. The molecule has 2 aromatic rings. The molecule has 0 spiro atoms. The summed E-state index contributed by atoms with van der Waals surface area (Å²) in [6, 6.07) is 2.14. The lowest BCUT2D eigenvalue weighted by molar-refractivity contribution is 0.391. The predicted molar refractivity (Wildman–Crippen MR) is 91.0 cm³/mol. The van der Waals surface area contributed by atoms with Crippen molar-refractivity contribution >= 4 is 33.2 Å². The van der Waals surface area contributed by atoms with E-state index in [1.165, 1.54) is 18.4 Å². The molecule has 0 aliphatic carbocycles. The van der Waals surface area contributed by atoms with E-state index in [1.54, 1.807) is 11.3 Å². The topological polar surface area (TPSA) is 56.8 Å². The van der Waals surface area contributed by atoms with Crippen LogP contribution in [0, 0.1) is 12.8 Å². The Hall–Kier alpha value is -0.920. The third kappa shape index (κ3) is 3.30. The van der Waals surface area contributed by atoms with Gasteiger partial charge in [0.1, 0.15) is 0 Å². The maximum atomic E-state index is 4.66. The summed E-state index contributed by atoms with van der Waals surface area (Å²) in [5.74, 6) is 2.47. The monoisotopic (exact) mass is 369 g/mol. The van der Waals surface area contributed by atoms with Crippen LogP contribution in [0.4, 0.5) is 5.95 Å². The fourth-order valence-electron chi connectivity index (χ4n) is 2.71. The van der Waals surface area contributed by atoms with Crippen LogP contribution in [-0.4, -0.2) is 41.9 Å². The standard InChI is InChI=1S/C14H20BrN5S/c1-9-7-11(21-12(9)15)13-17-14(19-18-13)20-5-3-10(4-6-20)8-16-2/h7,10,16H,3-6,8H2,1-2H3,(H,17,18,19). The van der Waals surface area contributed by atoms with Crippen molar-refractivity contribution < 1.29 is 0 Å². The molecule has 21 heavy (non-hydrogen) atoms. The number of rotatable bonds is 4. The zero-order valence-corrected chi connectivity index (χ0v) is 14.7. The Morgan fingerprint density at radius 1 is 1.48 bits per heavy atom. The Bertz CT molecular complexity index is 581. The lowest BCUT2D eigenvalue weighted by Crippen LogP contribution is -2.37. The van der Waals surface area contributed by atoms with E-state index in [1.807, 2.05) is 7.05 Å². The normalized spacial score (nSPS) is 16.6. The van der Waals surface area contributed by atoms with Crippen LogP contribution in [0.2, 0.25) is 0 Å². The second-order valence-corrected chi connectivity index (χ2v) is 7.91. The van der Waals surface area contributed by atoms with Crippen LogP contribution >= 0.6 is 27.3 Å². The van der Waals surface area contributed by atoms with Crippen LogP contribution < -0.4 is 10.2 Å². The summed E-state index contributed by atoms with van der Waals surface area (Å²) in [5, 5.41) is 10.7. The molecule has 114 valence electrons. The van der Waals surface area contributed by atoms with Crippen molar-refractivity contribution in [2.45, 2.75) is 19.8 Å². The van der Waals surface area contributed by atoms with Crippen LogP contribution in [0.3, 0.4) is 0 Å². The van der Waals surface area contributed by atoms with Gasteiger partial charge in [0.15, 0.2) is 5.82 Å². The number of anilines is 1. The second-order valence-electron chi connectivity index (χ2n) is 5.54. The van der Waals surface area contributed by atoms with E-state index in [2.05, 4.69) is 54.3 Å². The van der Waals surface area contributed by atoms with Gasteiger partial charge in [-0.1, -0.05) is 0 Å². The van der Waals surface area contributed by atoms with Crippen molar-refractivity contribution in [2.75, 3.05) is 31.6 Å². The number of nitrogens with one attached hydrogen (secondary N) is 2. The Labute approximate surface area is 137 Å². The minimum absolute atomic E-state index is 0.778. The average molecular weight is 370 g/mol. The highest BCUT2D eigenvalue weighted by Gasteiger charge is 2.22. The Morgan fingerprint density at radius 3 is 2.86 bits per heavy atom. The van der Waals surface area contributed by atoms with Gasteiger partial charge in [0.2, 0.25) is 5.95 Å². The molecule has 0 radical (unpaired) electrons. The number of hydrogen-bond acceptors (Lipinski definition) is 5. The molecular formula is C14H20BrN5S. The first kappa shape index (κ1) is 15.0. The third-order valence-corrected chi connectivity index (χ3v) is 6.10. The van der Waals surface area contributed by atoms with Gasteiger partial charge in [-0.15, -0.1) is 16.4 Å². The summed E-state index contributed by atoms with van der Waals surface area (Å²) >= 11 is 5.25. The number of aryl methyl sites for hydroxylation is 1. The summed E-state index contributed by atoms with van der Waals surface area (Å²) in [7, 11) is 2.02. The molecule has 0 atom stereocenters. The highest BCUT2D eigenvalue weighted by Crippen LogP contribution is 2.33. The van der Waals surface area contributed by atoms with Gasteiger partial charge in [-0.3, -0.25) is 5.10 Å². The van der Waals surface area contributed by atoms with Gasteiger partial charge in [0, 0.05) is 13.1 Å². The lowest BCUT2D eigenvalue weighted by atomic mass is 9.97. The van der Waals surface area contributed by atoms with Gasteiger partial charge in [0.05, 0.1) is 8.66 Å². The number of aromatic amines is 1. The first-order chi connectivity index (χ1) is 10.2. The first-order valence-corrected chi connectivity index (χ1v) is 8.86. The molecular weight excluding hydrogens is 350 g/mol. The second kappa shape index (κ2) is 6.46. The smallest absolute Gasteiger partial charge is 0.245 e. The largest absolute Gasteiger partial charge is 0.340 e. The van der Waals surface area contributed by atoms with Crippen molar-refractivity contribution in [1.29, 1.82) is 0 Å². The molecule has 1 aliphatic rings. The van der Waals surface area contributed by atoms with Crippen molar-refractivity contribution in [3.63, 3.8) is 0 Å². The van der Waals surface area contributed by atoms with Crippen LogP contribution in [0.25, 0.3) is 10.7 Å². The summed E-state index contributed by atoms with van der Waals surface area (Å²) in [6.07, 6.45) is 2.41. The minimum atomic E-state index is 0.778. The van der Waals surface area contributed by atoms with E-state index < -0.39 is 0 Å². The summed E-state index contributed by atoms with van der Waals surface area (Å²) in [5.41, 5.74) is 1.24. The predicted octanol–water partition coefficient (Wildman–Crippen LogP) is 3.04. The maximum absolute atomic E-state index is 4.66. The van der Waals surface area contributed by atoms with Crippen LogP contribution in [0.5, 0.6) is 0 Å². The number of aromatic nitrogens is 3. The van der Waals surface area contributed by atoms with Gasteiger partial charge in [-0.2, -0.15) is 4.98 Å².